The Morgan fingerprint density at radius 2 is 2.16 bits per heavy atom. The lowest BCUT2D eigenvalue weighted by molar-refractivity contribution is -0.148. The van der Waals surface area contributed by atoms with E-state index in [2.05, 4.69) is 20.1 Å². The molecule has 1 aliphatic heterocycles. The zero-order valence-electron chi connectivity index (χ0n) is 15.5. The smallest absolute Gasteiger partial charge is 0.334 e. The molecule has 3 aliphatic rings. The molecule has 25 heavy (non-hydrogen) atoms. The lowest BCUT2D eigenvalue weighted by Crippen LogP contribution is -2.47. The fraction of sp³-hybridized carbons (Fsp3) is 0.619. The van der Waals surface area contributed by atoms with Crippen LogP contribution in [0.3, 0.4) is 0 Å². The van der Waals surface area contributed by atoms with Crippen LogP contribution in [0.15, 0.2) is 36.0 Å². The number of carbonyl (C=O) groups is 2. The highest BCUT2D eigenvalue weighted by atomic mass is 16.6. The van der Waals surface area contributed by atoms with Crippen LogP contribution in [0.25, 0.3) is 0 Å². The Balaban J connectivity index is 1.75. The summed E-state index contributed by atoms with van der Waals surface area (Å²) in [7, 11) is 0. The Hall–Kier alpha value is -1.84. The summed E-state index contributed by atoms with van der Waals surface area (Å²) in [4.78, 5) is 24.1. The van der Waals surface area contributed by atoms with Crippen LogP contribution in [0.2, 0.25) is 0 Å². The number of esters is 2. The van der Waals surface area contributed by atoms with Gasteiger partial charge >= 0.3 is 11.9 Å². The summed E-state index contributed by atoms with van der Waals surface area (Å²) in [6, 6.07) is 0. The maximum Gasteiger partial charge on any atom is 0.334 e. The average Bonchev–Trinajstić information content (AvgIpc) is 2.82. The van der Waals surface area contributed by atoms with E-state index in [-0.39, 0.29) is 41.4 Å². The molecule has 3 rings (SSSR count). The summed E-state index contributed by atoms with van der Waals surface area (Å²) in [5.41, 5.74) is 2.26. The van der Waals surface area contributed by atoms with E-state index >= 15 is 0 Å². The zero-order chi connectivity index (χ0) is 18.4. The maximum absolute atomic E-state index is 12.3. The second kappa shape index (κ2) is 6.47. The maximum atomic E-state index is 12.3. The first-order valence-corrected chi connectivity index (χ1v) is 9.23. The van der Waals surface area contributed by atoms with E-state index in [1.54, 1.807) is 6.92 Å². The number of ether oxygens (including phenoxy) is 2. The molecule has 136 valence electrons. The topological polar surface area (TPSA) is 52.6 Å². The predicted octanol–water partition coefficient (Wildman–Crippen LogP) is 4.12. The molecule has 1 heterocycles. The van der Waals surface area contributed by atoms with Gasteiger partial charge in [-0.2, -0.15) is 0 Å². The molecular formula is C21H28O4. The van der Waals surface area contributed by atoms with Crippen LogP contribution in [0.5, 0.6) is 0 Å². The summed E-state index contributed by atoms with van der Waals surface area (Å²) < 4.78 is 11.3. The average molecular weight is 344 g/mol. The van der Waals surface area contributed by atoms with Gasteiger partial charge < -0.3 is 9.47 Å². The normalized spacial score (nSPS) is 38.0. The van der Waals surface area contributed by atoms with Crippen molar-refractivity contribution < 1.29 is 19.1 Å². The van der Waals surface area contributed by atoms with E-state index in [0.717, 1.165) is 37.7 Å². The van der Waals surface area contributed by atoms with Crippen molar-refractivity contribution in [1.82, 2.24) is 0 Å². The fourth-order valence-electron chi connectivity index (χ4n) is 4.78. The molecule has 2 aliphatic carbocycles. The molecule has 1 saturated heterocycles. The Morgan fingerprint density at radius 1 is 1.44 bits per heavy atom. The van der Waals surface area contributed by atoms with Gasteiger partial charge in [-0.15, -0.1) is 0 Å². The molecule has 4 nitrogen and oxygen atoms in total. The highest BCUT2D eigenvalue weighted by Crippen LogP contribution is 2.57. The molecule has 0 N–H and O–H groups in total. The van der Waals surface area contributed by atoms with Gasteiger partial charge in [0.05, 0.1) is 0 Å². The minimum Gasteiger partial charge on any atom is -0.458 e. The van der Waals surface area contributed by atoms with E-state index in [1.165, 1.54) is 0 Å². The molecule has 0 aromatic carbocycles. The molecule has 5 atom stereocenters. The first kappa shape index (κ1) is 18.0. The number of allylic oxidation sites excluding steroid dienone is 1. The van der Waals surface area contributed by atoms with Crippen LogP contribution >= 0.6 is 0 Å². The van der Waals surface area contributed by atoms with Gasteiger partial charge in [0.1, 0.15) is 12.2 Å². The minimum atomic E-state index is -0.258. The van der Waals surface area contributed by atoms with Crippen molar-refractivity contribution in [2.75, 3.05) is 0 Å². The number of hydrogen-bond donors (Lipinski definition) is 0. The molecule has 0 bridgehead atoms. The standard InChI is InChI=1S/C21H28O4/c1-6-7-12(2)19(22)24-17-8-9-21(5)11-18-15(10-16(21)14(17)4)13(3)20(23)25-18/h7,15-18H,3-4,6,8-11H2,1-2,5H3/b12-7+/t15-,16+,17-,18-,21-/m1/s1. The van der Waals surface area contributed by atoms with Crippen LogP contribution in [-0.4, -0.2) is 24.1 Å². The van der Waals surface area contributed by atoms with Gasteiger partial charge in [0.15, 0.2) is 0 Å². The van der Waals surface area contributed by atoms with Crippen molar-refractivity contribution in [2.45, 2.75) is 65.1 Å². The van der Waals surface area contributed by atoms with Gasteiger partial charge in [-0.1, -0.05) is 33.1 Å². The molecule has 0 radical (unpaired) electrons. The van der Waals surface area contributed by atoms with Crippen LogP contribution in [0.1, 0.15) is 52.9 Å². The highest BCUT2D eigenvalue weighted by molar-refractivity contribution is 5.91. The lowest BCUT2D eigenvalue weighted by atomic mass is 9.55. The predicted molar refractivity (Wildman–Crippen MR) is 95.6 cm³/mol. The van der Waals surface area contributed by atoms with Gasteiger partial charge in [0, 0.05) is 17.1 Å². The van der Waals surface area contributed by atoms with E-state index in [1.807, 2.05) is 13.0 Å². The summed E-state index contributed by atoms with van der Waals surface area (Å²) in [5.74, 6) is -0.222. The zero-order valence-corrected chi connectivity index (χ0v) is 15.5. The van der Waals surface area contributed by atoms with Crippen molar-refractivity contribution in [1.29, 1.82) is 0 Å². The van der Waals surface area contributed by atoms with Gasteiger partial charge in [0.25, 0.3) is 0 Å². The Bertz CT molecular complexity index is 659. The fourth-order valence-corrected chi connectivity index (χ4v) is 4.78. The summed E-state index contributed by atoms with van der Waals surface area (Å²) in [5, 5.41) is 0. The number of rotatable bonds is 3. The van der Waals surface area contributed by atoms with Gasteiger partial charge in [-0.3, -0.25) is 0 Å². The van der Waals surface area contributed by atoms with Crippen molar-refractivity contribution in [2.24, 2.45) is 17.3 Å². The summed E-state index contributed by atoms with van der Waals surface area (Å²) in [6.07, 6.45) is 5.77. The lowest BCUT2D eigenvalue weighted by Gasteiger charge is -2.51. The van der Waals surface area contributed by atoms with Gasteiger partial charge in [0.2, 0.25) is 0 Å². The highest BCUT2D eigenvalue weighted by Gasteiger charge is 2.54. The number of hydrogen-bond acceptors (Lipinski definition) is 4. The molecule has 2 saturated carbocycles. The van der Waals surface area contributed by atoms with Crippen LogP contribution in [0, 0.1) is 17.3 Å². The van der Waals surface area contributed by atoms with Crippen LogP contribution in [0.4, 0.5) is 0 Å². The molecular weight excluding hydrogens is 316 g/mol. The van der Waals surface area contributed by atoms with Crippen LogP contribution in [-0.2, 0) is 19.1 Å². The van der Waals surface area contributed by atoms with E-state index in [9.17, 15) is 9.59 Å². The molecule has 0 spiro atoms. The monoisotopic (exact) mass is 344 g/mol. The van der Waals surface area contributed by atoms with Gasteiger partial charge in [-0.05, 0) is 55.9 Å². The van der Waals surface area contributed by atoms with Crippen molar-refractivity contribution >= 4 is 11.9 Å². The Kier molecular flexibility index (Phi) is 4.65. The SMILES string of the molecule is C=C1C(=O)O[C@@H]2C[C@@]3(C)CC[C@@H](OC(=O)/C(C)=C/CC)C(=C)[C@@H]3C[C@H]12. The third-order valence-electron chi connectivity index (χ3n) is 6.34. The largest absolute Gasteiger partial charge is 0.458 e. The number of carbonyl (C=O) groups excluding carboxylic acids is 2. The third-order valence-corrected chi connectivity index (χ3v) is 6.34. The van der Waals surface area contributed by atoms with Crippen LogP contribution < -0.4 is 0 Å². The molecule has 3 fully saturated rings. The van der Waals surface area contributed by atoms with E-state index < -0.39 is 0 Å². The van der Waals surface area contributed by atoms with E-state index in [4.69, 9.17) is 9.47 Å². The Morgan fingerprint density at radius 3 is 2.84 bits per heavy atom. The molecule has 0 aromatic heterocycles. The quantitative estimate of drug-likeness (QED) is 0.439. The summed E-state index contributed by atoms with van der Waals surface area (Å²) >= 11 is 0. The van der Waals surface area contributed by atoms with Gasteiger partial charge in [-0.25, -0.2) is 9.59 Å². The third kappa shape index (κ3) is 3.07. The second-order valence-corrected chi connectivity index (χ2v) is 8.02. The Labute approximate surface area is 150 Å². The molecule has 4 heteroatoms. The number of fused-ring (bicyclic) bond motifs is 2. The van der Waals surface area contributed by atoms with Crippen molar-refractivity contribution in [3.05, 3.63) is 36.0 Å². The second-order valence-electron chi connectivity index (χ2n) is 8.02. The van der Waals surface area contributed by atoms with E-state index in [0.29, 0.717) is 11.1 Å². The molecule has 0 amide bonds. The first-order chi connectivity index (χ1) is 11.8. The van der Waals surface area contributed by atoms with Crippen molar-refractivity contribution in [3.63, 3.8) is 0 Å². The summed E-state index contributed by atoms with van der Waals surface area (Å²) in [6.45, 7) is 14.2. The molecule has 0 unspecified atom stereocenters. The molecule has 0 aromatic rings. The first-order valence-electron chi connectivity index (χ1n) is 9.23. The van der Waals surface area contributed by atoms with Crippen molar-refractivity contribution in [3.8, 4) is 0 Å². The minimum absolute atomic E-state index is 0.0420.